The van der Waals surface area contributed by atoms with Gasteiger partial charge < -0.3 is 14.0 Å². The van der Waals surface area contributed by atoms with Gasteiger partial charge in [0.1, 0.15) is 12.0 Å². The number of hydrogen-bond acceptors (Lipinski definition) is 4. The van der Waals surface area contributed by atoms with E-state index in [9.17, 15) is 4.79 Å². The first-order chi connectivity index (χ1) is 9.23. The van der Waals surface area contributed by atoms with E-state index in [0.717, 1.165) is 17.3 Å². The van der Waals surface area contributed by atoms with Crippen LogP contribution in [0.25, 0.3) is 0 Å². The minimum Gasteiger partial charge on any atom is -0.496 e. The van der Waals surface area contributed by atoms with E-state index in [1.54, 1.807) is 7.11 Å². The number of rotatable bonds is 3. The number of aldehydes is 1. The van der Waals surface area contributed by atoms with E-state index in [2.05, 4.69) is 0 Å². The Labute approximate surface area is 120 Å². The molecule has 1 aromatic carbocycles. The van der Waals surface area contributed by atoms with Crippen molar-refractivity contribution in [2.45, 2.75) is 45.8 Å². The molecule has 0 aliphatic carbocycles. The molecule has 0 radical (unpaired) electrons. The Bertz CT molecular complexity index is 521. The highest BCUT2D eigenvalue weighted by molar-refractivity contribution is 6.63. The molecule has 0 amide bonds. The van der Waals surface area contributed by atoms with Crippen LogP contribution < -0.4 is 10.2 Å². The maximum atomic E-state index is 11.4. The van der Waals surface area contributed by atoms with Crippen molar-refractivity contribution in [3.8, 4) is 5.75 Å². The lowest BCUT2D eigenvalue weighted by molar-refractivity contribution is 0.00578. The second-order valence-corrected chi connectivity index (χ2v) is 6.10. The van der Waals surface area contributed by atoms with Gasteiger partial charge in [0.2, 0.25) is 0 Å². The first-order valence-corrected chi connectivity index (χ1v) is 6.72. The standard InChI is InChI=1S/C15H21BO4/c1-10-11(9-17)12(7-8-13(10)18-6)16-19-14(2,3)15(4,5)20-16/h7-9H,1-6H3. The van der Waals surface area contributed by atoms with Gasteiger partial charge in [-0.2, -0.15) is 0 Å². The van der Waals surface area contributed by atoms with Crippen LogP contribution in [0.15, 0.2) is 12.1 Å². The molecule has 2 rings (SSSR count). The smallest absolute Gasteiger partial charge is 0.495 e. The summed E-state index contributed by atoms with van der Waals surface area (Å²) < 4.78 is 17.2. The first-order valence-electron chi connectivity index (χ1n) is 6.72. The van der Waals surface area contributed by atoms with Crippen molar-refractivity contribution in [2.75, 3.05) is 7.11 Å². The summed E-state index contributed by atoms with van der Waals surface area (Å²) in [4.78, 5) is 11.4. The highest BCUT2D eigenvalue weighted by Gasteiger charge is 2.52. The Morgan fingerprint density at radius 1 is 1.15 bits per heavy atom. The molecular weight excluding hydrogens is 255 g/mol. The van der Waals surface area contributed by atoms with Crippen molar-refractivity contribution in [3.05, 3.63) is 23.3 Å². The number of ether oxygens (including phenoxy) is 1. The van der Waals surface area contributed by atoms with E-state index in [0.29, 0.717) is 11.3 Å². The third-order valence-corrected chi connectivity index (χ3v) is 4.34. The Morgan fingerprint density at radius 2 is 1.70 bits per heavy atom. The van der Waals surface area contributed by atoms with Gasteiger partial charge in [0.25, 0.3) is 0 Å². The van der Waals surface area contributed by atoms with Gasteiger partial charge in [-0.1, -0.05) is 6.07 Å². The molecular formula is C15H21BO4. The Balaban J connectivity index is 2.45. The number of carbonyl (C=O) groups is 1. The molecule has 1 fully saturated rings. The molecule has 1 aliphatic heterocycles. The summed E-state index contributed by atoms with van der Waals surface area (Å²) in [6.07, 6.45) is 0.832. The highest BCUT2D eigenvalue weighted by Crippen LogP contribution is 2.37. The molecule has 1 aromatic rings. The summed E-state index contributed by atoms with van der Waals surface area (Å²) in [5.41, 5.74) is 1.27. The van der Waals surface area contributed by atoms with Crippen LogP contribution >= 0.6 is 0 Å². The summed E-state index contributed by atoms with van der Waals surface area (Å²) in [6, 6.07) is 3.67. The lowest BCUT2D eigenvalue weighted by Crippen LogP contribution is -2.41. The SMILES string of the molecule is COc1ccc(B2OC(C)(C)C(C)(C)O2)c(C=O)c1C. The number of benzene rings is 1. The molecule has 1 aliphatic rings. The highest BCUT2D eigenvalue weighted by atomic mass is 16.7. The fourth-order valence-electron chi connectivity index (χ4n) is 2.28. The van der Waals surface area contributed by atoms with E-state index >= 15 is 0 Å². The molecule has 0 spiro atoms. The summed E-state index contributed by atoms with van der Waals surface area (Å²) in [5, 5.41) is 0. The van der Waals surface area contributed by atoms with Gasteiger partial charge in [0.05, 0.1) is 18.3 Å². The topological polar surface area (TPSA) is 44.8 Å². The van der Waals surface area contributed by atoms with E-state index in [-0.39, 0.29) is 0 Å². The van der Waals surface area contributed by atoms with Crippen molar-refractivity contribution >= 4 is 18.9 Å². The quantitative estimate of drug-likeness (QED) is 0.626. The van der Waals surface area contributed by atoms with Crippen LogP contribution in [-0.4, -0.2) is 31.7 Å². The van der Waals surface area contributed by atoms with E-state index in [4.69, 9.17) is 14.0 Å². The van der Waals surface area contributed by atoms with Gasteiger partial charge in [0, 0.05) is 11.1 Å². The zero-order valence-electron chi connectivity index (χ0n) is 12.9. The largest absolute Gasteiger partial charge is 0.496 e. The number of methoxy groups -OCH3 is 1. The lowest BCUT2D eigenvalue weighted by atomic mass is 9.75. The molecule has 5 heteroatoms. The van der Waals surface area contributed by atoms with Gasteiger partial charge in [-0.15, -0.1) is 0 Å². The van der Waals surface area contributed by atoms with E-state index in [1.807, 2.05) is 46.8 Å². The predicted octanol–water partition coefficient (Wildman–Crippen LogP) is 2.12. The zero-order chi connectivity index (χ0) is 15.1. The van der Waals surface area contributed by atoms with Crippen LogP contribution in [0.2, 0.25) is 0 Å². The van der Waals surface area contributed by atoms with Crippen molar-refractivity contribution in [1.29, 1.82) is 0 Å². The Kier molecular flexibility index (Phi) is 3.69. The summed E-state index contributed by atoms with van der Waals surface area (Å²) in [6.45, 7) is 9.82. The summed E-state index contributed by atoms with van der Waals surface area (Å²) >= 11 is 0. The van der Waals surface area contributed by atoms with Gasteiger partial charge >= 0.3 is 7.12 Å². The van der Waals surface area contributed by atoms with Gasteiger partial charge in [-0.05, 0) is 46.1 Å². The second-order valence-electron chi connectivity index (χ2n) is 6.10. The molecule has 1 heterocycles. The molecule has 0 N–H and O–H groups in total. The van der Waals surface area contributed by atoms with Crippen molar-refractivity contribution in [2.24, 2.45) is 0 Å². The van der Waals surface area contributed by atoms with E-state index < -0.39 is 18.3 Å². The van der Waals surface area contributed by atoms with Crippen LogP contribution in [0.3, 0.4) is 0 Å². The van der Waals surface area contributed by atoms with Gasteiger partial charge in [-0.25, -0.2) is 0 Å². The molecule has 0 unspecified atom stereocenters. The Hall–Kier alpha value is -1.33. The second kappa shape index (κ2) is 4.90. The van der Waals surface area contributed by atoms with Crippen LogP contribution in [0, 0.1) is 6.92 Å². The maximum Gasteiger partial charge on any atom is 0.495 e. The third-order valence-electron chi connectivity index (χ3n) is 4.34. The average Bonchev–Trinajstić information content (AvgIpc) is 2.58. The maximum absolute atomic E-state index is 11.4. The molecule has 0 bridgehead atoms. The van der Waals surface area contributed by atoms with Crippen LogP contribution in [0.5, 0.6) is 5.75 Å². The average molecular weight is 276 g/mol. The summed E-state index contributed by atoms with van der Waals surface area (Å²) in [7, 11) is 1.05. The fraction of sp³-hybridized carbons (Fsp3) is 0.533. The van der Waals surface area contributed by atoms with Crippen LogP contribution in [0.4, 0.5) is 0 Å². The van der Waals surface area contributed by atoms with Gasteiger partial charge in [0.15, 0.2) is 0 Å². The number of hydrogen-bond donors (Lipinski definition) is 0. The zero-order valence-corrected chi connectivity index (χ0v) is 12.9. The normalized spacial score (nSPS) is 20.0. The van der Waals surface area contributed by atoms with Crippen LogP contribution in [-0.2, 0) is 9.31 Å². The fourth-order valence-corrected chi connectivity index (χ4v) is 2.28. The van der Waals surface area contributed by atoms with Crippen LogP contribution in [0.1, 0.15) is 43.6 Å². The summed E-state index contributed by atoms with van der Waals surface area (Å²) in [5.74, 6) is 0.687. The Morgan fingerprint density at radius 3 is 2.15 bits per heavy atom. The predicted molar refractivity (Wildman–Crippen MR) is 78.8 cm³/mol. The molecule has 1 saturated heterocycles. The minimum absolute atomic E-state index is 0.425. The van der Waals surface area contributed by atoms with Gasteiger partial charge in [-0.3, -0.25) is 4.79 Å². The molecule has 0 aromatic heterocycles. The van der Waals surface area contributed by atoms with Crippen molar-refractivity contribution in [1.82, 2.24) is 0 Å². The minimum atomic E-state index is -0.537. The third kappa shape index (κ3) is 2.25. The molecule has 20 heavy (non-hydrogen) atoms. The molecule has 108 valence electrons. The van der Waals surface area contributed by atoms with Crippen molar-refractivity contribution in [3.63, 3.8) is 0 Å². The van der Waals surface area contributed by atoms with Crippen molar-refractivity contribution < 1.29 is 18.8 Å². The molecule has 0 saturated carbocycles. The monoisotopic (exact) mass is 276 g/mol. The van der Waals surface area contributed by atoms with E-state index in [1.165, 1.54) is 0 Å². The number of carbonyl (C=O) groups excluding carboxylic acids is 1. The molecule has 0 atom stereocenters. The first kappa shape index (κ1) is 15.1. The molecule has 4 nitrogen and oxygen atoms in total. The lowest BCUT2D eigenvalue weighted by Gasteiger charge is -2.32.